The summed E-state index contributed by atoms with van der Waals surface area (Å²) in [5.74, 6) is -1.21. The first-order valence-electron chi connectivity index (χ1n) is 1.73. The fraction of sp³-hybridized carbons (Fsp3) is 0.667. The van der Waals surface area contributed by atoms with Gasteiger partial charge >= 0.3 is 49.0 Å². The minimum atomic E-state index is -1.21. The van der Waals surface area contributed by atoms with Crippen LogP contribution in [0.4, 0.5) is 0 Å². The van der Waals surface area contributed by atoms with E-state index in [-0.39, 0.29) is 0 Å². The minimum absolute atomic E-state index is 0.308. The number of aliphatic carboxylic acids is 1. The van der Waals surface area contributed by atoms with Crippen molar-refractivity contribution in [3.8, 4) is 0 Å². The third kappa shape index (κ3) is 2.62. The van der Waals surface area contributed by atoms with Crippen LogP contribution < -0.4 is 10.8 Å². The van der Waals surface area contributed by atoms with Crippen molar-refractivity contribution < 1.29 is 9.90 Å². The van der Waals surface area contributed by atoms with Crippen molar-refractivity contribution in [1.29, 1.82) is 0 Å². The number of rotatable bonds is 2. The number of hydrogen-bond donors (Lipinski definition) is 1. The Morgan fingerprint density at radius 1 is 2.00 bits per heavy atom. The van der Waals surface area contributed by atoms with E-state index in [1.807, 2.05) is 0 Å². The van der Waals surface area contributed by atoms with E-state index < -0.39 is 12.0 Å². The molecule has 1 unspecified atom stereocenters. The van der Waals surface area contributed by atoms with Gasteiger partial charge in [-0.1, -0.05) is 0 Å². The molecule has 0 saturated heterocycles. The molecule has 0 saturated carbocycles. The number of carbonyl (C=O) groups excluding carboxylic acids is 1. The maximum atomic E-state index is 9.67. The monoisotopic (exact) mass is 167 g/mol. The van der Waals surface area contributed by atoms with Crippen LogP contribution in [0.15, 0.2) is 0 Å². The van der Waals surface area contributed by atoms with Crippen molar-refractivity contribution in [2.24, 2.45) is 5.73 Å². The molecule has 1 atom stereocenters. The Morgan fingerprint density at radius 2 is 2.43 bits per heavy atom. The Morgan fingerprint density at radius 3 is 2.43 bits per heavy atom. The summed E-state index contributed by atoms with van der Waals surface area (Å²) in [6, 6.07) is -0.847. The molecule has 41 valence electrons. The zero-order valence-electron chi connectivity index (χ0n) is 3.59. The molecule has 0 heterocycles. The van der Waals surface area contributed by atoms with Gasteiger partial charge in [0.15, 0.2) is 0 Å². The van der Waals surface area contributed by atoms with Crippen LogP contribution in [0, 0.1) is 0 Å². The number of carbonyl (C=O) groups is 1. The van der Waals surface area contributed by atoms with E-state index in [4.69, 9.17) is 5.73 Å². The standard InChI is InChI=1S/C3H6NO2Se/c4-2(1-7)3(5)6/h2H,1,4H2,(H,5,6)/p-1. The fourth-order valence-electron chi connectivity index (χ4n) is 0.0680. The van der Waals surface area contributed by atoms with Gasteiger partial charge in [0.25, 0.3) is 0 Å². The van der Waals surface area contributed by atoms with Crippen molar-refractivity contribution in [2.45, 2.75) is 11.4 Å². The summed E-state index contributed by atoms with van der Waals surface area (Å²) in [6.45, 7) is 0. The molecule has 0 aliphatic rings. The third-order valence-electron chi connectivity index (χ3n) is 0.482. The molecule has 0 aliphatic carbocycles. The van der Waals surface area contributed by atoms with E-state index in [0.29, 0.717) is 5.32 Å². The zero-order chi connectivity index (χ0) is 5.86. The van der Waals surface area contributed by atoms with E-state index in [1.54, 1.807) is 0 Å². The third-order valence-corrected chi connectivity index (χ3v) is 1.24. The molecule has 0 rings (SSSR count). The second kappa shape index (κ2) is 3.02. The van der Waals surface area contributed by atoms with Crippen molar-refractivity contribution in [3.63, 3.8) is 0 Å². The number of carboxylic acids is 1. The van der Waals surface area contributed by atoms with Crippen molar-refractivity contribution >= 4 is 22.0 Å². The van der Waals surface area contributed by atoms with Gasteiger partial charge in [-0.05, 0) is 0 Å². The van der Waals surface area contributed by atoms with Gasteiger partial charge in [-0.15, -0.1) is 0 Å². The summed E-state index contributed by atoms with van der Waals surface area (Å²) in [5, 5.41) is 9.98. The van der Waals surface area contributed by atoms with E-state index in [2.05, 4.69) is 16.0 Å². The molecule has 0 bridgehead atoms. The molecule has 0 aromatic rings. The fourth-order valence-corrected chi connectivity index (χ4v) is 0.354. The van der Waals surface area contributed by atoms with Gasteiger partial charge in [-0.3, -0.25) is 0 Å². The van der Waals surface area contributed by atoms with Gasteiger partial charge in [-0.2, -0.15) is 0 Å². The molecule has 0 aromatic carbocycles. The first kappa shape index (κ1) is 6.95. The maximum absolute atomic E-state index is 9.67. The Balaban J connectivity index is 3.34. The SMILES string of the molecule is NC(C[Se])C(=O)[O-]. The molecule has 4 heteroatoms. The van der Waals surface area contributed by atoms with Gasteiger partial charge in [0, 0.05) is 0 Å². The normalized spacial score (nSPS) is 13.4. The summed E-state index contributed by atoms with van der Waals surface area (Å²) in [6.07, 6.45) is 0. The van der Waals surface area contributed by atoms with Crippen LogP contribution in [-0.2, 0) is 4.79 Å². The zero-order valence-corrected chi connectivity index (χ0v) is 5.30. The van der Waals surface area contributed by atoms with Crippen LogP contribution in [-0.4, -0.2) is 28.0 Å². The molecule has 7 heavy (non-hydrogen) atoms. The molecule has 0 spiro atoms. The molecule has 3 nitrogen and oxygen atoms in total. The van der Waals surface area contributed by atoms with Crippen LogP contribution in [0.5, 0.6) is 0 Å². The average molecular weight is 166 g/mol. The number of nitrogens with two attached hydrogens (primary N) is 1. The van der Waals surface area contributed by atoms with Gasteiger partial charge in [0.2, 0.25) is 0 Å². The van der Waals surface area contributed by atoms with Crippen LogP contribution >= 0.6 is 0 Å². The predicted octanol–water partition coefficient (Wildman–Crippen LogP) is -2.35. The van der Waals surface area contributed by atoms with Gasteiger partial charge in [0.05, 0.1) is 0 Å². The van der Waals surface area contributed by atoms with Crippen molar-refractivity contribution in [1.82, 2.24) is 0 Å². The summed E-state index contributed by atoms with van der Waals surface area (Å²) < 4.78 is 0. The topological polar surface area (TPSA) is 66.2 Å². The second-order valence-corrected chi connectivity index (χ2v) is 1.79. The Labute approximate surface area is 49.7 Å². The molecule has 0 aliphatic heterocycles. The predicted molar refractivity (Wildman–Crippen MR) is 23.5 cm³/mol. The van der Waals surface area contributed by atoms with Crippen molar-refractivity contribution in [2.75, 3.05) is 0 Å². The molecular formula is C3H5NO2Se-. The van der Waals surface area contributed by atoms with Crippen molar-refractivity contribution in [3.05, 3.63) is 0 Å². The van der Waals surface area contributed by atoms with Gasteiger partial charge in [-0.25, -0.2) is 0 Å². The molecule has 1 radical (unpaired) electrons. The second-order valence-electron chi connectivity index (χ2n) is 1.09. The molecule has 0 fully saturated rings. The van der Waals surface area contributed by atoms with Crippen LogP contribution in [0.25, 0.3) is 0 Å². The number of carboxylic acid groups (broad SMARTS) is 1. The molecule has 2 N–H and O–H groups in total. The van der Waals surface area contributed by atoms with Crippen LogP contribution in [0.3, 0.4) is 0 Å². The average Bonchev–Trinajstić information content (AvgIpc) is 1.65. The van der Waals surface area contributed by atoms with E-state index in [1.165, 1.54) is 0 Å². The summed E-state index contributed by atoms with van der Waals surface area (Å²) in [5.41, 5.74) is 4.92. The first-order valence-corrected chi connectivity index (χ1v) is 2.94. The summed E-state index contributed by atoms with van der Waals surface area (Å²) in [7, 11) is 0. The van der Waals surface area contributed by atoms with Gasteiger partial charge in [0.1, 0.15) is 0 Å². The summed E-state index contributed by atoms with van der Waals surface area (Å²) in [4.78, 5) is 9.67. The van der Waals surface area contributed by atoms with E-state index in [0.717, 1.165) is 0 Å². The molecule has 0 aromatic heterocycles. The summed E-state index contributed by atoms with van der Waals surface area (Å²) >= 11 is 2.48. The van der Waals surface area contributed by atoms with Crippen LogP contribution in [0.2, 0.25) is 5.32 Å². The first-order chi connectivity index (χ1) is 3.18. The molecular weight excluding hydrogens is 161 g/mol. The van der Waals surface area contributed by atoms with Crippen LogP contribution in [0.1, 0.15) is 0 Å². The van der Waals surface area contributed by atoms with E-state index in [9.17, 15) is 9.90 Å². The Bertz CT molecular complexity index is 75.3. The van der Waals surface area contributed by atoms with Gasteiger partial charge < -0.3 is 0 Å². The molecule has 0 amide bonds. The quantitative estimate of drug-likeness (QED) is 0.467. The Kier molecular flexibility index (Phi) is 3.00. The Hall–Kier alpha value is -0.0505. The van der Waals surface area contributed by atoms with E-state index >= 15 is 0 Å². The number of hydrogen-bond acceptors (Lipinski definition) is 3.